The van der Waals surface area contributed by atoms with Crippen molar-refractivity contribution in [2.45, 2.75) is 57.2 Å². The first-order valence-corrected chi connectivity index (χ1v) is 15.2. The van der Waals surface area contributed by atoms with E-state index in [1.807, 2.05) is 12.1 Å². The van der Waals surface area contributed by atoms with Crippen LogP contribution in [0, 0.1) is 0 Å². The molecule has 0 bridgehead atoms. The molecule has 0 aromatic heterocycles. The lowest BCUT2D eigenvalue weighted by Gasteiger charge is -2.51. The zero-order valence-corrected chi connectivity index (χ0v) is 26.9. The SMILES string of the molecule is CC1(C)CC2(CC(C)(C)c3ccc(Oc4ccc(C(=O)O)c(C(=O)O)c4)cc3O2)Oc2cc(Oc3ccc(C(=O)O)c(C(=O)O)c3)ccc21. The maximum absolute atomic E-state index is 11.7. The fraction of sp³-hybridized carbons (Fsp3) is 0.243. The van der Waals surface area contributed by atoms with Crippen LogP contribution < -0.4 is 18.9 Å². The lowest BCUT2D eigenvalue weighted by Crippen LogP contribution is -2.55. The Labute approximate surface area is 280 Å². The highest BCUT2D eigenvalue weighted by molar-refractivity contribution is 6.02. The third-order valence-corrected chi connectivity index (χ3v) is 8.75. The van der Waals surface area contributed by atoms with Crippen molar-refractivity contribution in [1.82, 2.24) is 0 Å². The minimum atomic E-state index is -1.40. The molecule has 49 heavy (non-hydrogen) atoms. The summed E-state index contributed by atoms with van der Waals surface area (Å²) in [6.07, 6.45) is 0.969. The van der Waals surface area contributed by atoms with Crippen molar-refractivity contribution in [3.63, 3.8) is 0 Å². The number of carboxylic acid groups (broad SMARTS) is 4. The molecular weight excluding hydrogens is 636 g/mol. The average molecular weight is 669 g/mol. The molecule has 12 heteroatoms. The van der Waals surface area contributed by atoms with E-state index >= 15 is 0 Å². The summed E-state index contributed by atoms with van der Waals surface area (Å²) in [4.78, 5) is 46.3. The van der Waals surface area contributed by atoms with Crippen molar-refractivity contribution >= 4 is 23.9 Å². The van der Waals surface area contributed by atoms with Crippen LogP contribution in [0.1, 0.15) is 93.1 Å². The van der Waals surface area contributed by atoms with Crippen molar-refractivity contribution in [3.05, 3.63) is 106 Å². The Morgan fingerprint density at radius 3 is 1.18 bits per heavy atom. The summed E-state index contributed by atoms with van der Waals surface area (Å²) in [5.74, 6) is -4.69. The van der Waals surface area contributed by atoms with Crippen LogP contribution in [-0.2, 0) is 10.8 Å². The maximum atomic E-state index is 11.7. The normalized spacial score (nSPS) is 16.2. The zero-order valence-electron chi connectivity index (χ0n) is 26.9. The largest absolute Gasteiger partial charge is 0.478 e. The van der Waals surface area contributed by atoms with E-state index in [2.05, 4.69) is 27.7 Å². The van der Waals surface area contributed by atoms with Gasteiger partial charge < -0.3 is 39.4 Å². The van der Waals surface area contributed by atoms with Crippen molar-refractivity contribution in [3.8, 4) is 34.5 Å². The van der Waals surface area contributed by atoms with Crippen LogP contribution in [0.25, 0.3) is 0 Å². The molecule has 0 saturated carbocycles. The molecule has 4 aromatic rings. The number of carboxylic acids is 4. The quantitative estimate of drug-likeness (QED) is 0.144. The second-order valence-corrected chi connectivity index (χ2v) is 13.4. The average Bonchev–Trinajstić information content (AvgIpc) is 2.99. The number of hydrogen-bond donors (Lipinski definition) is 4. The number of benzene rings is 4. The highest BCUT2D eigenvalue weighted by atomic mass is 16.7. The molecule has 4 aromatic carbocycles. The number of carbonyl (C=O) groups is 4. The molecule has 1 spiro atoms. The molecule has 0 amide bonds. The van der Waals surface area contributed by atoms with Gasteiger partial charge in [-0.3, -0.25) is 0 Å². The summed E-state index contributed by atoms with van der Waals surface area (Å²) >= 11 is 0. The van der Waals surface area contributed by atoms with Gasteiger partial charge in [0.2, 0.25) is 0 Å². The van der Waals surface area contributed by atoms with Crippen LogP contribution in [0.3, 0.4) is 0 Å². The first-order valence-electron chi connectivity index (χ1n) is 15.2. The fourth-order valence-corrected chi connectivity index (χ4v) is 6.76. The maximum Gasteiger partial charge on any atom is 0.336 e. The van der Waals surface area contributed by atoms with Gasteiger partial charge in [-0.15, -0.1) is 0 Å². The minimum absolute atomic E-state index is 0.136. The number of hydrogen-bond acceptors (Lipinski definition) is 8. The van der Waals surface area contributed by atoms with Crippen LogP contribution in [0.2, 0.25) is 0 Å². The van der Waals surface area contributed by atoms with Crippen molar-refractivity contribution in [1.29, 1.82) is 0 Å². The molecule has 6 rings (SSSR count). The molecule has 12 nitrogen and oxygen atoms in total. The smallest absolute Gasteiger partial charge is 0.336 e. The standard InChI is InChI=1S/C37H32O12/c1-35(2)17-37(48-29-15-21(7-11-27(29)35)46-19-5-9-23(31(38)39)25(13-19)33(42)43)18-36(3,4)28-12-8-22(16-30(28)49-37)47-20-6-10-24(32(40)41)26(14-20)34(44)45/h5-16H,17-18H2,1-4H3,(H,38,39)(H,40,41)(H,42,43)(H,44,45). The summed E-state index contributed by atoms with van der Waals surface area (Å²) in [5.41, 5.74) is -0.562. The molecule has 0 atom stereocenters. The molecule has 0 radical (unpaired) electrons. The van der Waals surface area contributed by atoms with E-state index in [0.717, 1.165) is 23.3 Å². The summed E-state index contributed by atoms with van der Waals surface area (Å²) in [5, 5.41) is 37.8. The number of fused-ring (bicyclic) bond motifs is 2. The fourth-order valence-electron chi connectivity index (χ4n) is 6.76. The molecule has 0 saturated heterocycles. The van der Waals surface area contributed by atoms with Gasteiger partial charge in [0.15, 0.2) is 0 Å². The van der Waals surface area contributed by atoms with Gasteiger partial charge in [-0.2, -0.15) is 0 Å². The zero-order chi connectivity index (χ0) is 35.5. The minimum Gasteiger partial charge on any atom is -0.478 e. The van der Waals surface area contributed by atoms with Gasteiger partial charge in [-0.25, -0.2) is 19.2 Å². The van der Waals surface area contributed by atoms with Crippen molar-refractivity contribution in [2.24, 2.45) is 0 Å². The highest BCUT2D eigenvalue weighted by Gasteiger charge is 2.53. The number of rotatable bonds is 8. The van der Waals surface area contributed by atoms with E-state index < -0.39 is 51.6 Å². The summed E-state index contributed by atoms with van der Waals surface area (Å²) in [6.45, 7) is 8.30. The van der Waals surface area contributed by atoms with E-state index in [4.69, 9.17) is 18.9 Å². The first-order chi connectivity index (χ1) is 23.0. The summed E-state index contributed by atoms with van der Waals surface area (Å²) in [6, 6.07) is 18.0. The molecule has 0 unspecified atom stereocenters. The Morgan fingerprint density at radius 2 is 0.837 bits per heavy atom. The van der Waals surface area contributed by atoms with Gasteiger partial charge >= 0.3 is 23.9 Å². The molecule has 0 fully saturated rings. The molecule has 0 aliphatic carbocycles. The van der Waals surface area contributed by atoms with Crippen LogP contribution >= 0.6 is 0 Å². The van der Waals surface area contributed by atoms with Gasteiger partial charge in [0.1, 0.15) is 34.5 Å². The monoisotopic (exact) mass is 668 g/mol. The third-order valence-electron chi connectivity index (χ3n) is 8.75. The van der Waals surface area contributed by atoms with Crippen molar-refractivity contribution in [2.75, 3.05) is 0 Å². The van der Waals surface area contributed by atoms with E-state index in [0.29, 0.717) is 35.8 Å². The molecule has 2 heterocycles. The second kappa shape index (κ2) is 11.6. The van der Waals surface area contributed by atoms with Crippen LogP contribution in [0.4, 0.5) is 0 Å². The van der Waals surface area contributed by atoms with Crippen molar-refractivity contribution < 1.29 is 58.6 Å². The highest BCUT2D eigenvalue weighted by Crippen LogP contribution is 2.54. The molecule has 252 valence electrons. The van der Waals surface area contributed by atoms with Gasteiger partial charge in [0, 0.05) is 46.9 Å². The predicted molar refractivity (Wildman–Crippen MR) is 173 cm³/mol. The topological polar surface area (TPSA) is 186 Å². The lowest BCUT2D eigenvalue weighted by atomic mass is 9.69. The molecule has 2 aliphatic rings. The van der Waals surface area contributed by atoms with E-state index in [-0.39, 0.29) is 22.6 Å². The van der Waals surface area contributed by atoms with Crippen LogP contribution in [0.5, 0.6) is 34.5 Å². The second-order valence-electron chi connectivity index (χ2n) is 13.4. The van der Waals surface area contributed by atoms with E-state index in [1.54, 1.807) is 24.3 Å². The lowest BCUT2D eigenvalue weighted by molar-refractivity contribution is -0.166. The third kappa shape index (κ3) is 6.20. The first kappa shape index (κ1) is 32.9. The number of aromatic carboxylic acids is 4. The molecular formula is C37H32O12. The van der Waals surface area contributed by atoms with Crippen LogP contribution in [0.15, 0.2) is 72.8 Å². The molecule has 4 N–H and O–H groups in total. The Bertz CT molecular complexity index is 1910. The van der Waals surface area contributed by atoms with Crippen LogP contribution in [-0.4, -0.2) is 50.1 Å². The van der Waals surface area contributed by atoms with Gasteiger partial charge in [-0.05, 0) is 48.5 Å². The Balaban J connectivity index is 1.31. The number of ether oxygens (including phenoxy) is 4. The Kier molecular flexibility index (Phi) is 7.77. The summed E-state index contributed by atoms with van der Waals surface area (Å²) in [7, 11) is 0. The molecule has 2 aliphatic heterocycles. The van der Waals surface area contributed by atoms with E-state index in [9.17, 15) is 39.6 Å². The Morgan fingerprint density at radius 1 is 0.510 bits per heavy atom. The van der Waals surface area contributed by atoms with Gasteiger partial charge in [0.25, 0.3) is 5.79 Å². The predicted octanol–water partition coefficient (Wildman–Crippen LogP) is 7.58. The summed E-state index contributed by atoms with van der Waals surface area (Å²) < 4.78 is 25.3. The van der Waals surface area contributed by atoms with E-state index in [1.165, 1.54) is 24.3 Å². The Hall–Kier alpha value is -6.04. The van der Waals surface area contributed by atoms with Gasteiger partial charge in [-0.1, -0.05) is 39.8 Å². The van der Waals surface area contributed by atoms with Gasteiger partial charge in [0.05, 0.1) is 22.3 Å².